The molecule has 0 spiro atoms. The van der Waals surface area contributed by atoms with Gasteiger partial charge in [0, 0.05) is 21.5 Å². The number of hydrogen-bond donors (Lipinski definition) is 1. The van der Waals surface area contributed by atoms with Crippen molar-refractivity contribution in [3.63, 3.8) is 0 Å². The lowest BCUT2D eigenvalue weighted by atomic mass is 10.3. The van der Waals surface area contributed by atoms with Crippen LogP contribution in [-0.4, -0.2) is 9.55 Å². The molecule has 3 rings (SSSR count). The Labute approximate surface area is 114 Å². The molecule has 17 heavy (non-hydrogen) atoms. The summed E-state index contributed by atoms with van der Waals surface area (Å²) in [4.78, 5) is 4.23. The lowest BCUT2D eigenvalue weighted by Gasteiger charge is -2.09. The fraction of sp³-hybridized carbons (Fsp3) is 0.308. The Balaban J connectivity index is 1.67. The minimum absolute atomic E-state index is 0.700. The second kappa shape index (κ2) is 4.68. The van der Waals surface area contributed by atoms with Gasteiger partial charge in [0.1, 0.15) is 0 Å². The van der Waals surface area contributed by atoms with Gasteiger partial charge in [-0.1, -0.05) is 0 Å². The van der Waals surface area contributed by atoms with Crippen LogP contribution in [0.3, 0.4) is 0 Å². The van der Waals surface area contributed by atoms with E-state index in [2.05, 4.69) is 61.7 Å². The highest BCUT2D eigenvalue weighted by molar-refractivity contribution is 14.1. The molecule has 0 atom stereocenters. The van der Waals surface area contributed by atoms with Crippen molar-refractivity contribution in [2.75, 3.05) is 5.32 Å². The highest BCUT2D eigenvalue weighted by atomic mass is 127. The molecule has 1 aromatic heterocycles. The van der Waals surface area contributed by atoms with E-state index in [0.717, 1.165) is 12.2 Å². The number of halogens is 1. The minimum atomic E-state index is 0.700. The fourth-order valence-electron chi connectivity index (χ4n) is 1.91. The molecule has 0 saturated heterocycles. The molecular weight excluding hydrogens is 325 g/mol. The molecule has 1 fully saturated rings. The maximum absolute atomic E-state index is 4.23. The molecule has 88 valence electrons. The number of rotatable bonds is 4. The summed E-state index contributed by atoms with van der Waals surface area (Å²) in [6.07, 6.45) is 6.50. The van der Waals surface area contributed by atoms with Crippen molar-refractivity contribution in [3.8, 4) is 0 Å². The van der Waals surface area contributed by atoms with Gasteiger partial charge in [0.25, 0.3) is 0 Å². The van der Waals surface area contributed by atoms with E-state index in [9.17, 15) is 0 Å². The van der Waals surface area contributed by atoms with Crippen LogP contribution in [0.2, 0.25) is 0 Å². The number of anilines is 1. The van der Waals surface area contributed by atoms with Crippen molar-refractivity contribution in [2.45, 2.75) is 25.4 Å². The van der Waals surface area contributed by atoms with Crippen LogP contribution in [0.5, 0.6) is 0 Å². The van der Waals surface area contributed by atoms with Crippen LogP contribution in [-0.2, 0) is 6.54 Å². The zero-order chi connectivity index (χ0) is 11.7. The van der Waals surface area contributed by atoms with E-state index in [0.29, 0.717) is 6.04 Å². The third-order valence-corrected chi connectivity index (χ3v) is 3.72. The summed E-state index contributed by atoms with van der Waals surface area (Å²) in [6.45, 7) is 0.844. The average Bonchev–Trinajstić information content (AvgIpc) is 3.08. The topological polar surface area (TPSA) is 29.9 Å². The largest absolute Gasteiger partial charge is 0.379 e. The first-order valence-electron chi connectivity index (χ1n) is 5.83. The molecule has 1 aliphatic carbocycles. The Morgan fingerprint density at radius 1 is 1.29 bits per heavy atom. The molecule has 4 heteroatoms. The van der Waals surface area contributed by atoms with E-state index in [1.165, 1.54) is 22.1 Å². The second-order valence-electron chi connectivity index (χ2n) is 4.38. The summed E-state index contributed by atoms with van der Waals surface area (Å²) in [5.74, 6) is 0. The van der Waals surface area contributed by atoms with Gasteiger partial charge in [-0.25, -0.2) is 4.98 Å². The molecule has 1 N–H and O–H groups in total. The minimum Gasteiger partial charge on any atom is -0.379 e. The highest BCUT2D eigenvalue weighted by Gasteiger charge is 2.24. The van der Waals surface area contributed by atoms with Crippen molar-refractivity contribution >= 4 is 28.3 Å². The third kappa shape index (κ3) is 2.62. The first-order valence-corrected chi connectivity index (χ1v) is 6.91. The number of nitrogens with zero attached hydrogens (tertiary/aromatic N) is 2. The Hall–Kier alpha value is -1.04. The number of aromatic nitrogens is 2. The van der Waals surface area contributed by atoms with Gasteiger partial charge >= 0.3 is 0 Å². The smallest absolute Gasteiger partial charge is 0.0951 e. The molecule has 3 nitrogen and oxygen atoms in total. The predicted molar refractivity (Wildman–Crippen MR) is 77.0 cm³/mol. The quantitative estimate of drug-likeness (QED) is 0.865. The number of hydrogen-bond acceptors (Lipinski definition) is 2. The van der Waals surface area contributed by atoms with Crippen molar-refractivity contribution in [3.05, 3.63) is 46.1 Å². The Morgan fingerprint density at radius 2 is 2.06 bits per heavy atom. The number of benzene rings is 1. The van der Waals surface area contributed by atoms with E-state index in [4.69, 9.17) is 0 Å². The van der Waals surface area contributed by atoms with Gasteiger partial charge in [-0.2, -0.15) is 0 Å². The monoisotopic (exact) mass is 339 g/mol. The first kappa shape index (κ1) is 11.1. The van der Waals surface area contributed by atoms with Crippen molar-refractivity contribution < 1.29 is 0 Å². The van der Waals surface area contributed by atoms with Crippen LogP contribution in [0.25, 0.3) is 0 Å². The van der Waals surface area contributed by atoms with Crippen LogP contribution in [0, 0.1) is 3.57 Å². The standard InChI is InChI=1S/C13H14IN3/c14-10-1-3-11(4-2-10)16-8-13-7-15-9-17(13)12-5-6-12/h1-4,7,9,12,16H,5-6,8H2. The molecule has 0 aliphatic heterocycles. The molecular formula is C13H14IN3. The summed E-state index contributed by atoms with van der Waals surface area (Å²) >= 11 is 2.32. The van der Waals surface area contributed by atoms with Crippen LogP contribution >= 0.6 is 22.6 Å². The van der Waals surface area contributed by atoms with Gasteiger partial charge in [-0.3, -0.25) is 0 Å². The van der Waals surface area contributed by atoms with Gasteiger partial charge in [0.2, 0.25) is 0 Å². The fourth-order valence-corrected chi connectivity index (χ4v) is 2.27. The number of nitrogens with one attached hydrogen (secondary N) is 1. The zero-order valence-electron chi connectivity index (χ0n) is 9.44. The summed E-state index contributed by atoms with van der Waals surface area (Å²) in [5, 5.41) is 3.43. The van der Waals surface area contributed by atoms with Crippen LogP contribution < -0.4 is 5.32 Å². The van der Waals surface area contributed by atoms with E-state index < -0.39 is 0 Å². The number of imidazole rings is 1. The summed E-state index contributed by atoms with van der Waals surface area (Å²) in [6, 6.07) is 9.15. The van der Waals surface area contributed by atoms with E-state index in [-0.39, 0.29) is 0 Å². The van der Waals surface area contributed by atoms with Crippen LogP contribution in [0.15, 0.2) is 36.8 Å². The van der Waals surface area contributed by atoms with Gasteiger partial charge in [-0.05, 0) is 59.7 Å². The molecule has 1 heterocycles. The normalized spacial score (nSPS) is 14.9. The molecule has 0 amide bonds. The summed E-state index contributed by atoms with van der Waals surface area (Å²) < 4.78 is 3.55. The Morgan fingerprint density at radius 3 is 2.76 bits per heavy atom. The van der Waals surface area contributed by atoms with E-state index >= 15 is 0 Å². The van der Waals surface area contributed by atoms with Crippen molar-refractivity contribution in [1.82, 2.24) is 9.55 Å². The molecule has 0 radical (unpaired) electrons. The van der Waals surface area contributed by atoms with E-state index in [1.807, 2.05) is 12.5 Å². The molecule has 1 aromatic carbocycles. The highest BCUT2D eigenvalue weighted by Crippen LogP contribution is 2.35. The van der Waals surface area contributed by atoms with Gasteiger partial charge in [-0.15, -0.1) is 0 Å². The van der Waals surface area contributed by atoms with Crippen molar-refractivity contribution in [1.29, 1.82) is 0 Å². The third-order valence-electron chi connectivity index (χ3n) is 3.00. The Bertz CT molecular complexity index is 500. The van der Waals surface area contributed by atoms with Crippen molar-refractivity contribution in [2.24, 2.45) is 0 Å². The lowest BCUT2D eigenvalue weighted by Crippen LogP contribution is -2.05. The lowest BCUT2D eigenvalue weighted by molar-refractivity contribution is 0.701. The summed E-state index contributed by atoms with van der Waals surface area (Å²) in [7, 11) is 0. The van der Waals surface area contributed by atoms with Gasteiger partial charge in [0.15, 0.2) is 0 Å². The van der Waals surface area contributed by atoms with Crippen LogP contribution in [0.4, 0.5) is 5.69 Å². The van der Waals surface area contributed by atoms with Gasteiger partial charge in [0.05, 0.1) is 18.6 Å². The average molecular weight is 339 g/mol. The molecule has 0 unspecified atom stereocenters. The van der Waals surface area contributed by atoms with E-state index in [1.54, 1.807) is 0 Å². The molecule has 1 saturated carbocycles. The second-order valence-corrected chi connectivity index (χ2v) is 5.63. The zero-order valence-corrected chi connectivity index (χ0v) is 11.6. The van der Waals surface area contributed by atoms with Gasteiger partial charge < -0.3 is 9.88 Å². The first-order chi connectivity index (χ1) is 8.33. The molecule has 0 bridgehead atoms. The predicted octanol–water partition coefficient (Wildman–Crippen LogP) is 3.43. The Kier molecular flexibility index (Phi) is 3.05. The summed E-state index contributed by atoms with van der Waals surface area (Å²) in [5.41, 5.74) is 2.43. The maximum atomic E-state index is 4.23. The molecule has 1 aliphatic rings. The van der Waals surface area contributed by atoms with Crippen LogP contribution in [0.1, 0.15) is 24.6 Å². The SMILES string of the molecule is Ic1ccc(NCc2cncn2C2CC2)cc1. The molecule has 2 aromatic rings. The maximum Gasteiger partial charge on any atom is 0.0951 e.